The molecule has 2 rings (SSSR count). The van der Waals surface area contributed by atoms with E-state index < -0.39 is 0 Å². The number of hydrogen-bond donors (Lipinski definition) is 1. The van der Waals surface area contributed by atoms with Crippen LogP contribution in [0.15, 0.2) is 0 Å². The standard InChI is InChI=1S/C8H11N3/c1-5-6-3-2-4-7(6)11-8(9)10-5/h2-4H2,1H3,(H2,9,10,11). The van der Waals surface area contributed by atoms with Crippen LogP contribution in [0.4, 0.5) is 5.95 Å². The summed E-state index contributed by atoms with van der Waals surface area (Å²) in [6.07, 6.45) is 3.40. The van der Waals surface area contributed by atoms with Crippen LogP contribution in [0, 0.1) is 6.92 Å². The third-order valence-corrected chi connectivity index (χ3v) is 2.16. The predicted molar refractivity (Wildman–Crippen MR) is 43.2 cm³/mol. The van der Waals surface area contributed by atoms with E-state index in [9.17, 15) is 0 Å². The Bertz CT molecular complexity index is 294. The molecular formula is C8H11N3. The first-order valence-corrected chi connectivity index (χ1v) is 3.89. The van der Waals surface area contributed by atoms with Gasteiger partial charge in [0.2, 0.25) is 5.95 Å². The van der Waals surface area contributed by atoms with Crippen molar-refractivity contribution in [3.8, 4) is 0 Å². The van der Waals surface area contributed by atoms with Crippen molar-refractivity contribution in [3.63, 3.8) is 0 Å². The van der Waals surface area contributed by atoms with Gasteiger partial charge >= 0.3 is 0 Å². The van der Waals surface area contributed by atoms with E-state index in [0.29, 0.717) is 5.95 Å². The maximum absolute atomic E-state index is 5.51. The summed E-state index contributed by atoms with van der Waals surface area (Å²) in [6.45, 7) is 2.00. The van der Waals surface area contributed by atoms with E-state index in [2.05, 4.69) is 9.97 Å². The lowest BCUT2D eigenvalue weighted by Gasteiger charge is -2.02. The smallest absolute Gasteiger partial charge is 0.220 e. The van der Waals surface area contributed by atoms with Crippen LogP contribution in [0.25, 0.3) is 0 Å². The number of nitrogens with zero attached hydrogens (tertiary/aromatic N) is 2. The van der Waals surface area contributed by atoms with Crippen molar-refractivity contribution in [2.45, 2.75) is 26.2 Å². The molecule has 0 atom stereocenters. The SMILES string of the molecule is Cc1nc(N)nc2c1CCC2. The molecule has 11 heavy (non-hydrogen) atoms. The number of hydrogen-bond acceptors (Lipinski definition) is 3. The summed E-state index contributed by atoms with van der Waals surface area (Å²) in [5.41, 5.74) is 9.05. The van der Waals surface area contributed by atoms with Crippen LogP contribution >= 0.6 is 0 Å². The van der Waals surface area contributed by atoms with E-state index in [1.54, 1.807) is 0 Å². The third kappa shape index (κ3) is 0.964. The lowest BCUT2D eigenvalue weighted by atomic mass is 10.2. The van der Waals surface area contributed by atoms with Gasteiger partial charge in [0.05, 0.1) is 0 Å². The van der Waals surface area contributed by atoms with E-state index in [-0.39, 0.29) is 0 Å². The number of fused-ring (bicyclic) bond motifs is 1. The second kappa shape index (κ2) is 2.19. The third-order valence-electron chi connectivity index (χ3n) is 2.16. The van der Waals surface area contributed by atoms with Crippen molar-refractivity contribution in [1.29, 1.82) is 0 Å². The fourth-order valence-corrected chi connectivity index (χ4v) is 1.64. The molecule has 2 N–H and O–H groups in total. The molecule has 0 aliphatic heterocycles. The Balaban J connectivity index is 2.60. The van der Waals surface area contributed by atoms with Gasteiger partial charge in [0.1, 0.15) is 0 Å². The summed E-state index contributed by atoms with van der Waals surface area (Å²) in [6, 6.07) is 0. The molecule has 0 bridgehead atoms. The van der Waals surface area contributed by atoms with E-state index in [0.717, 1.165) is 24.2 Å². The number of anilines is 1. The molecular weight excluding hydrogens is 138 g/mol. The fraction of sp³-hybridized carbons (Fsp3) is 0.500. The summed E-state index contributed by atoms with van der Waals surface area (Å²) in [7, 11) is 0. The van der Waals surface area contributed by atoms with E-state index >= 15 is 0 Å². The van der Waals surface area contributed by atoms with Crippen molar-refractivity contribution in [1.82, 2.24) is 9.97 Å². The summed E-state index contributed by atoms with van der Waals surface area (Å²) < 4.78 is 0. The molecule has 0 saturated heterocycles. The van der Waals surface area contributed by atoms with Crippen LogP contribution in [0.2, 0.25) is 0 Å². The van der Waals surface area contributed by atoms with Gasteiger partial charge in [-0.3, -0.25) is 0 Å². The molecule has 0 fully saturated rings. The summed E-state index contributed by atoms with van der Waals surface area (Å²) >= 11 is 0. The number of aryl methyl sites for hydroxylation is 2. The molecule has 0 spiro atoms. The first-order valence-electron chi connectivity index (χ1n) is 3.89. The Hall–Kier alpha value is -1.12. The molecule has 1 aliphatic rings. The van der Waals surface area contributed by atoms with Gasteiger partial charge in [0.15, 0.2) is 0 Å². The molecule has 0 saturated carbocycles. The van der Waals surface area contributed by atoms with Gasteiger partial charge in [-0.2, -0.15) is 0 Å². The molecule has 0 aromatic carbocycles. The zero-order valence-electron chi connectivity index (χ0n) is 6.59. The molecule has 58 valence electrons. The number of nitrogen functional groups attached to an aromatic ring is 1. The minimum absolute atomic E-state index is 0.420. The quantitative estimate of drug-likeness (QED) is 0.595. The highest BCUT2D eigenvalue weighted by Gasteiger charge is 2.15. The van der Waals surface area contributed by atoms with Gasteiger partial charge in [-0.15, -0.1) is 0 Å². The molecule has 1 aliphatic carbocycles. The molecule has 3 heteroatoms. The average molecular weight is 149 g/mol. The average Bonchev–Trinajstić information content (AvgIpc) is 2.34. The zero-order valence-corrected chi connectivity index (χ0v) is 6.59. The van der Waals surface area contributed by atoms with Crippen LogP contribution < -0.4 is 5.73 Å². The van der Waals surface area contributed by atoms with Crippen LogP contribution in [0.1, 0.15) is 23.4 Å². The van der Waals surface area contributed by atoms with Gasteiger partial charge < -0.3 is 5.73 Å². The Labute approximate surface area is 65.7 Å². The van der Waals surface area contributed by atoms with Crippen molar-refractivity contribution in [2.75, 3.05) is 5.73 Å². The molecule has 0 radical (unpaired) electrons. The Morgan fingerprint density at radius 1 is 1.27 bits per heavy atom. The molecule has 1 heterocycles. The van der Waals surface area contributed by atoms with Gasteiger partial charge in [-0.05, 0) is 31.7 Å². The Kier molecular flexibility index (Phi) is 1.31. The van der Waals surface area contributed by atoms with Crippen LogP contribution in [0.3, 0.4) is 0 Å². The fourth-order valence-electron chi connectivity index (χ4n) is 1.64. The first kappa shape index (κ1) is 6.58. The van der Waals surface area contributed by atoms with Crippen molar-refractivity contribution in [3.05, 3.63) is 17.0 Å². The lowest BCUT2D eigenvalue weighted by Crippen LogP contribution is -2.02. The normalized spacial score (nSPS) is 15.0. The summed E-state index contributed by atoms with van der Waals surface area (Å²) in [5.74, 6) is 0.420. The topological polar surface area (TPSA) is 51.8 Å². The summed E-state index contributed by atoms with van der Waals surface area (Å²) in [4.78, 5) is 8.29. The molecule has 0 unspecified atom stereocenters. The van der Waals surface area contributed by atoms with Crippen molar-refractivity contribution < 1.29 is 0 Å². The van der Waals surface area contributed by atoms with E-state index in [4.69, 9.17) is 5.73 Å². The highest BCUT2D eigenvalue weighted by Crippen LogP contribution is 2.22. The minimum atomic E-state index is 0.420. The van der Waals surface area contributed by atoms with Crippen LogP contribution in [0.5, 0.6) is 0 Å². The van der Waals surface area contributed by atoms with Crippen molar-refractivity contribution >= 4 is 5.95 Å². The van der Waals surface area contributed by atoms with Gasteiger partial charge in [-0.1, -0.05) is 0 Å². The summed E-state index contributed by atoms with van der Waals surface area (Å²) in [5, 5.41) is 0. The predicted octanol–water partition coefficient (Wildman–Crippen LogP) is 0.856. The second-order valence-corrected chi connectivity index (χ2v) is 2.95. The van der Waals surface area contributed by atoms with Crippen molar-refractivity contribution in [2.24, 2.45) is 0 Å². The molecule has 3 nitrogen and oxygen atoms in total. The molecule has 0 amide bonds. The van der Waals surface area contributed by atoms with E-state index in [1.165, 1.54) is 12.0 Å². The second-order valence-electron chi connectivity index (χ2n) is 2.95. The number of nitrogens with two attached hydrogens (primary N) is 1. The minimum Gasteiger partial charge on any atom is -0.368 e. The lowest BCUT2D eigenvalue weighted by molar-refractivity contribution is 0.899. The monoisotopic (exact) mass is 149 g/mol. The first-order chi connectivity index (χ1) is 5.27. The van der Waals surface area contributed by atoms with Crippen LogP contribution in [-0.4, -0.2) is 9.97 Å². The maximum Gasteiger partial charge on any atom is 0.220 e. The molecule has 1 aromatic rings. The molecule has 1 aromatic heterocycles. The van der Waals surface area contributed by atoms with Crippen LogP contribution in [-0.2, 0) is 12.8 Å². The van der Waals surface area contributed by atoms with E-state index in [1.807, 2.05) is 6.92 Å². The largest absolute Gasteiger partial charge is 0.368 e. The highest BCUT2D eigenvalue weighted by atomic mass is 15.0. The number of aromatic nitrogens is 2. The Morgan fingerprint density at radius 3 is 2.91 bits per heavy atom. The zero-order chi connectivity index (χ0) is 7.84. The van der Waals surface area contributed by atoms with Gasteiger partial charge in [0.25, 0.3) is 0 Å². The van der Waals surface area contributed by atoms with Gasteiger partial charge in [-0.25, -0.2) is 9.97 Å². The maximum atomic E-state index is 5.51. The van der Waals surface area contributed by atoms with Gasteiger partial charge in [0, 0.05) is 11.4 Å². The number of rotatable bonds is 0. The highest BCUT2D eigenvalue weighted by molar-refractivity contribution is 5.33. The Morgan fingerprint density at radius 2 is 2.09 bits per heavy atom.